The summed E-state index contributed by atoms with van der Waals surface area (Å²) >= 11 is 0. The van der Waals surface area contributed by atoms with E-state index in [1.54, 1.807) is 0 Å². The largest absolute Gasteiger partial charge is 0.461 e. The smallest absolute Gasteiger partial charge is 0.373 e. The summed E-state index contributed by atoms with van der Waals surface area (Å²) in [7, 11) is 0. The van der Waals surface area contributed by atoms with Crippen LogP contribution in [0.4, 0.5) is 0 Å². The lowest BCUT2D eigenvalue weighted by Crippen LogP contribution is -2.37. The highest BCUT2D eigenvalue weighted by Crippen LogP contribution is 2.43. The van der Waals surface area contributed by atoms with E-state index in [9.17, 15) is 4.79 Å². The van der Waals surface area contributed by atoms with E-state index >= 15 is 0 Å². The summed E-state index contributed by atoms with van der Waals surface area (Å²) in [4.78, 5) is 21.9. The average Bonchev–Trinajstić information content (AvgIpc) is 2.90. The van der Waals surface area contributed by atoms with Crippen molar-refractivity contribution in [2.45, 2.75) is 60.7 Å². The van der Waals surface area contributed by atoms with Crippen LogP contribution in [0, 0.1) is 16.7 Å². The van der Waals surface area contributed by atoms with Gasteiger partial charge in [-0.05, 0) is 17.3 Å². The van der Waals surface area contributed by atoms with E-state index in [0.717, 1.165) is 6.42 Å². The Morgan fingerprint density at radius 2 is 1.61 bits per heavy atom. The predicted molar refractivity (Wildman–Crippen MR) is 68.6 cm³/mol. The summed E-state index contributed by atoms with van der Waals surface area (Å²) in [6.07, 6.45) is 0.831. The van der Waals surface area contributed by atoms with Crippen LogP contribution in [0.3, 0.4) is 0 Å². The second kappa shape index (κ2) is 4.82. The number of hydrogen-bond acceptors (Lipinski definition) is 4. The van der Waals surface area contributed by atoms with Crippen molar-refractivity contribution < 1.29 is 19.3 Å². The highest BCUT2D eigenvalue weighted by Gasteiger charge is 2.62. The Balaban J connectivity index is 2.56. The Morgan fingerprint density at radius 3 is 1.94 bits per heavy atom. The van der Waals surface area contributed by atoms with Gasteiger partial charge in [0.25, 0.3) is 0 Å². The number of rotatable bonds is 4. The minimum atomic E-state index is -1.17. The number of carbonyl (C=O) groups is 1. The molecule has 1 saturated heterocycles. The third kappa shape index (κ3) is 4.25. The fourth-order valence-electron chi connectivity index (χ4n) is 1.91. The molecule has 18 heavy (non-hydrogen) atoms. The Bertz CT molecular complexity index is 305. The summed E-state index contributed by atoms with van der Waals surface area (Å²) in [5.74, 6) is -1.60. The molecule has 0 spiro atoms. The molecular formula is C14H26O4. The van der Waals surface area contributed by atoms with Crippen LogP contribution in [0.15, 0.2) is 0 Å². The zero-order chi connectivity index (χ0) is 14.2. The van der Waals surface area contributed by atoms with Crippen LogP contribution in [0.2, 0.25) is 0 Å². The molecule has 1 aliphatic heterocycles. The predicted octanol–water partition coefficient (Wildman–Crippen LogP) is 3.31. The normalized spacial score (nSPS) is 20.4. The number of ether oxygens (including phenoxy) is 1. The van der Waals surface area contributed by atoms with Gasteiger partial charge in [0.15, 0.2) is 0 Å². The highest BCUT2D eigenvalue weighted by atomic mass is 17.4. The lowest BCUT2D eigenvalue weighted by molar-refractivity contribution is -0.156. The van der Waals surface area contributed by atoms with Crippen molar-refractivity contribution in [1.29, 1.82) is 0 Å². The molecule has 0 aromatic carbocycles. The van der Waals surface area contributed by atoms with Crippen molar-refractivity contribution in [2.24, 2.45) is 16.7 Å². The van der Waals surface area contributed by atoms with Gasteiger partial charge in [0.2, 0.25) is 0 Å². The van der Waals surface area contributed by atoms with Crippen molar-refractivity contribution in [3.8, 4) is 0 Å². The van der Waals surface area contributed by atoms with Crippen LogP contribution < -0.4 is 0 Å². The standard InChI is InChI=1S/C14H26O4/c1-10(8-12(2,3)4)14(17-18-14)11(15)16-9-13(5,6)7/h10H,8-9H2,1-7H3. The van der Waals surface area contributed by atoms with Gasteiger partial charge < -0.3 is 4.74 Å². The molecule has 0 aliphatic carbocycles. The first kappa shape index (κ1) is 15.4. The first-order valence-electron chi connectivity index (χ1n) is 6.50. The summed E-state index contributed by atoms with van der Waals surface area (Å²) < 4.78 is 5.28. The Labute approximate surface area is 110 Å². The third-order valence-electron chi connectivity index (χ3n) is 2.75. The maximum absolute atomic E-state index is 12.0. The fourth-order valence-corrected chi connectivity index (χ4v) is 1.91. The molecule has 1 heterocycles. The van der Waals surface area contributed by atoms with Gasteiger partial charge in [-0.15, -0.1) is 0 Å². The van der Waals surface area contributed by atoms with Crippen LogP contribution in [0.1, 0.15) is 54.9 Å². The summed E-state index contributed by atoms with van der Waals surface area (Å²) in [5, 5.41) is 0. The molecule has 0 radical (unpaired) electrons. The van der Waals surface area contributed by atoms with E-state index in [1.165, 1.54) is 0 Å². The van der Waals surface area contributed by atoms with Gasteiger partial charge >= 0.3 is 11.8 Å². The fraction of sp³-hybridized carbons (Fsp3) is 0.929. The van der Waals surface area contributed by atoms with E-state index < -0.39 is 11.8 Å². The van der Waals surface area contributed by atoms with E-state index in [-0.39, 0.29) is 16.7 Å². The number of esters is 1. The van der Waals surface area contributed by atoms with Crippen molar-refractivity contribution in [1.82, 2.24) is 0 Å². The first-order valence-corrected chi connectivity index (χ1v) is 6.50. The van der Waals surface area contributed by atoms with Crippen molar-refractivity contribution in [3.63, 3.8) is 0 Å². The Morgan fingerprint density at radius 1 is 1.11 bits per heavy atom. The van der Waals surface area contributed by atoms with E-state index in [1.807, 2.05) is 27.7 Å². The van der Waals surface area contributed by atoms with Crippen LogP contribution in [0.5, 0.6) is 0 Å². The summed E-state index contributed by atoms with van der Waals surface area (Å²) in [6, 6.07) is 0. The average molecular weight is 258 g/mol. The summed E-state index contributed by atoms with van der Waals surface area (Å²) in [6.45, 7) is 14.7. The van der Waals surface area contributed by atoms with Gasteiger partial charge in [0.05, 0.1) is 6.61 Å². The molecule has 0 aromatic rings. The van der Waals surface area contributed by atoms with Crippen molar-refractivity contribution >= 4 is 5.97 Å². The van der Waals surface area contributed by atoms with Crippen molar-refractivity contribution in [2.75, 3.05) is 6.61 Å². The van der Waals surface area contributed by atoms with Crippen LogP contribution in [-0.4, -0.2) is 18.4 Å². The van der Waals surface area contributed by atoms with Gasteiger partial charge in [0, 0.05) is 5.92 Å². The quantitative estimate of drug-likeness (QED) is 0.441. The monoisotopic (exact) mass is 258 g/mol. The molecule has 1 atom stereocenters. The molecule has 0 saturated carbocycles. The molecule has 1 rings (SSSR count). The lowest BCUT2D eigenvalue weighted by Gasteiger charge is -2.25. The minimum absolute atomic E-state index is 0.0232. The van der Waals surface area contributed by atoms with Crippen LogP contribution >= 0.6 is 0 Å². The lowest BCUT2D eigenvalue weighted by atomic mass is 9.82. The van der Waals surface area contributed by atoms with E-state index in [2.05, 4.69) is 20.8 Å². The molecule has 1 aliphatic rings. The molecule has 1 fully saturated rings. The minimum Gasteiger partial charge on any atom is -0.461 e. The maximum atomic E-state index is 12.0. The summed E-state index contributed by atoms with van der Waals surface area (Å²) in [5.41, 5.74) is 0.0606. The molecule has 106 valence electrons. The Kier molecular flexibility index (Phi) is 4.13. The maximum Gasteiger partial charge on any atom is 0.373 e. The van der Waals surface area contributed by atoms with Crippen LogP contribution in [-0.2, 0) is 19.3 Å². The second-order valence-corrected chi connectivity index (χ2v) is 7.64. The molecule has 0 bridgehead atoms. The highest BCUT2D eigenvalue weighted by molar-refractivity contribution is 5.79. The van der Waals surface area contributed by atoms with Gasteiger partial charge in [0.1, 0.15) is 0 Å². The zero-order valence-corrected chi connectivity index (χ0v) is 12.6. The molecule has 4 nitrogen and oxygen atoms in total. The van der Waals surface area contributed by atoms with Crippen molar-refractivity contribution in [3.05, 3.63) is 0 Å². The number of hydrogen-bond donors (Lipinski definition) is 0. The SMILES string of the molecule is CC(CC(C)(C)C)C1(C(=O)OCC(C)(C)C)OO1. The first-order chi connectivity index (χ1) is 7.96. The third-order valence-corrected chi connectivity index (χ3v) is 2.75. The van der Waals surface area contributed by atoms with Crippen LogP contribution in [0.25, 0.3) is 0 Å². The molecular weight excluding hydrogens is 232 g/mol. The molecule has 0 amide bonds. The molecule has 0 aromatic heterocycles. The van der Waals surface area contributed by atoms with E-state index in [4.69, 9.17) is 14.5 Å². The molecule has 4 heteroatoms. The topological polar surface area (TPSA) is 51.4 Å². The zero-order valence-electron chi connectivity index (χ0n) is 12.6. The Hall–Kier alpha value is -0.610. The van der Waals surface area contributed by atoms with Gasteiger partial charge in [-0.1, -0.05) is 48.5 Å². The number of carbonyl (C=O) groups excluding carboxylic acids is 1. The van der Waals surface area contributed by atoms with Gasteiger partial charge in [-0.25, -0.2) is 4.79 Å². The second-order valence-electron chi connectivity index (χ2n) is 7.64. The van der Waals surface area contributed by atoms with Gasteiger partial charge in [-0.3, -0.25) is 0 Å². The van der Waals surface area contributed by atoms with E-state index in [0.29, 0.717) is 6.61 Å². The molecule has 1 unspecified atom stereocenters. The molecule has 0 N–H and O–H groups in total. The van der Waals surface area contributed by atoms with Gasteiger partial charge in [-0.2, -0.15) is 9.78 Å².